The highest BCUT2D eigenvalue weighted by molar-refractivity contribution is 5.82. The van der Waals surface area contributed by atoms with Crippen molar-refractivity contribution in [2.45, 2.75) is 45.8 Å². The molecule has 0 saturated heterocycles. The first-order valence-corrected chi connectivity index (χ1v) is 7.27. The number of halogens is 1. The molecular weight excluding hydrogens is 305 g/mol. The Balaban J connectivity index is 3.29. The highest BCUT2D eigenvalue weighted by atomic mass is 19.1. The van der Waals surface area contributed by atoms with Gasteiger partial charge in [0.2, 0.25) is 0 Å². The molecule has 0 spiro atoms. The number of carboxylic acids is 1. The molecule has 1 unspecified atom stereocenters. The van der Waals surface area contributed by atoms with Gasteiger partial charge < -0.3 is 14.9 Å². The third-order valence-corrected chi connectivity index (χ3v) is 2.92. The van der Waals surface area contributed by atoms with E-state index in [0.29, 0.717) is 6.42 Å². The maximum absolute atomic E-state index is 13.5. The molecule has 7 heteroatoms. The van der Waals surface area contributed by atoms with Gasteiger partial charge in [-0.05, 0) is 45.4 Å². The molecule has 0 heterocycles. The number of carbonyl (C=O) groups is 2. The van der Waals surface area contributed by atoms with E-state index < -0.39 is 35.3 Å². The molecule has 1 atom stereocenters. The summed E-state index contributed by atoms with van der Waals surface area (Å²) in [4.78, 5) is 25.0. The monoisotopic (exact) mass is 327 g/mol. The van der Waals surface area contributed by atoms with E-state index in [1.807, 2.05) is 0 Å². The maximum Gasteiger partial charge on any atom is 0.411 e. The smallest absolute Gasteiger partial charge is 0.411 e. The molecule has 23 heavy (non-hydrogen) atoms. The molecule has 0 bridgehead atoms. The Kier molecular flexibility index (Phi) is 5.95. The molecule has 0 aromatic heterocycles. The quantitative estimate of drug-likeness (QED) is 0.866. The molecule has 0 aliphatic heterocycles. The predicted molar refractivity (Wildman–Crippen MR) is 81.7 cm³/mol. The number of aromatic hydroxyl groups is 1. The number of carboxylic acid groups (broad SMARTS) is 1. The first kappa shape index (κ1) is 18.7. The van der Waals surface area contributed by atoms with Gasteiger partial charge in [0.05, 0.1) is 0 Å². The lowest BCUT2D eigenvalue weighted by molar-refractivity contribution is -0.143. The van der Waals surface area contributed by atoms with Crippen molar-refractivity contribution < 1.29 is 28.9 Å². The summed E-state index contributed by atoms with van der Waals surface area (Å²) in [6.45, 7) is 6.82. The van der Waals surface area contributed by atoms with Crippen molar-refractivity contribution in [3.63, 3.8) is 0 Å². The Morgan fingerprint density at radius 1 is 1.35 bits per heavy atom. The minimum Gasteiger partial charge on any atom is -0.508 e. The highest BCUT2D eigenvalue weighted by Gasteiger charge is 2.35. The SMILES string of the molecule is CCCN(C(=O)OC(C)(C)C)C(C(=O)O)c1cc(F)ccc1O. The van der Waals surface area contributed by atoms with Crippen LogP contribution in [-0.4, -0.2) is 39.3 Å². The zero-order valence-corrected chi connectivity index (χ0v) is 13.7. The molecular formula is C16H22FNO5. The summed E-state index contributed by atoms with van der Waals surface area (Å²) in [5.74, 6) is -2.49. The molecule has 0 aliphatic carbocycles. The lowest BCUT2D eigenvalue weighted by Gasteiger charge is -2.31. The van der Waals surface area contributed by atoms with Crippen LogP contribution in [0.3, 0.4) is 0 Å². The van der Waals surface area contributed by atoms with Gasteiger partial charge in [0.25, 0.3) is 0 Å². The average molecular weight is 327 g/mol. The van der Waals surface area contributed by atoms with Gasteiger partial charge in [0.1, 0.15) is 17.2 Å². The third-order valence-electron chi connectivity index (χ3n) is 2.92. The minimum absolute atomic E-state index is 0.0852. The van der Waals surface area contributed by atoms with Gasteiger partial charge in [0.15, 0.2) is 6.04 Å². The Labute approximate surface area is 134 Å². The van der Waals surface area contributed by atoms with Crippen LogP contribution >= 0.6 is 0 Å². The maximum atomic E-state index is 13.5. The van der Waals surface area contributed by atoms with Gasteiger partial charge in [-0.25, -0.2) is 14.0 Å². The molecule has 1 aromatic carbocycles. The fourth-order valence-electron chi connectivity index (χ4n) is 2.07. The van der Waals surface area contributed by atoms with E-state index in [9.17, 15) is 24.2 Å². The largest absolute Gasteiger partial charge is 0.508 e. The Bertz CT molecular complexity index is 582. The average Bonchev–Trinajstić information content (AvgIpc) is 2.39. The molecule has 6 nitrogen and oxygen atoms in total. The Hall–Kier alpha value is -2.31. The standard InChI is InChI=1S/C16H22FNO5/c1-5-8-18(15(22)23-16(2,3)4)13(14(20)21)11-9-10(17)6-7-12(11)19/h6-7,9,13,19H,5,8H2,1-4H3,(H,20,21). The number of hydrogen-bond acceptors (Lipinski definition) is 4. The van der Waals surface area contributed by atoms with Crippen LogP contribution < -0.4 is 0 Å². The number of ether oxygens (including phenoxy) is 1. The number of carbonyl (C=O) groups excluding carboxylic acids is 1. The van der Waals surface area contributed by atoms with Crippen molar-refractivity contribution in [3.8, 4) is 5.75 Å². The predicted octanol–water partition coefficient (Wildman–Crippen LogP) is 3.30. The van der Waals surface area contributed by atoms with Crippen molar-refractivity contribution in [3.05, 3.63) is 29.6 Å². The lowest BCUT2D eigenvalue weighted by Crippen LogP contribution is -2.42. The number of rotatable bonds is 5. The molecule has 0 aliphatic rings. The molecule has 2 N–H and O–H groups in total. The first-order chi connectivity index (χ1) is 10.6. The normalized spacial score (nSPS) is 12.6. The van der Waals surface area contributed by atoms with Crippen LogP contribution in [-0.2, 0) is 9.53 Å². The molecule has 0 fully saturated rings. The van der Waals surface area contributed by atoms with Crippen molar-refractivity contribution in [2.75, 3.05) is 6.54 Å². The van der Waals surface area contributed by atoms with Crippen LogP contribution in [0.1, 0.15) is 45.7 Å². The fourth-order valence-corrected chi connectivity index (χ4v) is 2.07. The van der Waals surface area contributed by atoms with Gasteiger partial charge in [-0.15, -0.1) is 0 Å². The van der Waals surface area contributed by atoms with Gasteiger partial charge in [-0.1, -0.05) is 6.92 Å². The summed E-state index contributed by atoms with van der Waals surface area (Å²) in [6.07, 6.45) is -0.366. The highest BCUT2D eigenvalue weighted by Crippen LogP contribution is 2.31. The second kappa shape index (κ2) is 7.30. The number of amides is 1. The van der Waals surface area contributed by atoms with E-state index in [2.05, 4.69) is 0 Å². The summed E-state index contributed by atoms with van der Waals surface area (Å²) in [5, 5.41) is 19.4. The van der Waals surface area contributed by atoms with Crippen molar-refractivity contribution in [1.29, 1.82) is 0 Å². The second-order valence-corrected chi connectivity index (χ2v) is 6.12. The van der Waals surface area contributed by atoms with Gasteiger partial charge >= 0.3 is 12.1 Å². The zero-order valence-electron chi connectivity index (χ0n) is 13.7. The number of hydrogen-bond donors (Lipinski definition) is 2. The summed E-state index contributed by atoms with van der Waals surface area (Å²) in [6, 6.07) is 1.43. The summed E-state index contributed by atoms with van der Waals surface area (Å²) >= 11 is 0. The zero-order chi connectivity index (χ0) is 17.8. The van der Waals surface area contributed by atoms with Gasteiger partial charge in [0, 0.05) is 12.1 Å². The van der Waals surface area contributed by atoms with Gasteiger partial charge in [-0.3, -0.25) is 4.90 Å². The van der Waals surface area contributed by atoms with Crippen molar-refractivity contribution in [1.82, 2.24) is 4.90 Å². The minimum atomic E-state index is -1.54. The van der Waals surface area contributed by atoms with Crippen LogP contribution in [0.25, 0.3) is 0 Å². The van der Waals surface area contributed by atoms with Crippen molar-refractivity contribution in [2.24, 2.45) is 0 Å². The molecule has 0 saturated carbocycles. The molecule has 1 amide bonds. The van der Waals surface area contributed by atoms with Crippen LogP contribution in [0, 0.1) is 5.82 Å². The van der Waals surface area contributed by atoms with E-state index in [4.69, 9.17) is 4.74 Å². The van der Waals surface area contributed by atoms with Crippen LogP contribution in [0.2, 0.25) is 0 Å². The molecule has 128 valence electrons. The number of aliphatic carboxylic acids is 1. The lowest BCUT2D eigenvalue weighted by atomic mass is 10.0. The van der Waals surface area contributed by atoms with E-state index in [-0.39, 0.29) is 12.1 Å². The van der Waals surface area contributed by atoms with E-state index >= 15 is 0 Å². The van der Waals surface area contributed by atoms with E-state index in [0.717, 1.165) is 23.1 Å². The molecule has 1 aromatic rings. The third kappa shape index (κ3) is 5.12. The number of phenolic OH excluding ortho intramolecular Hbond substituents is 1. The molecule has 0 radical (unpaired) electrons. The van der Waals surface area contributed by atoms with Crippen LogP contribution in [0.15, 0.2) is 18.2 Å². The number of nitrogens with zero attached hydrogens (tertiary/aromatic N) is 1. The number of phenols is 1. The fraction of sp³-hybridized carbons (Fsp3) is 0.500. The van der Waals surface area contributed by atoms with Crippen molar-refractivity contribution >= 4 is 12.1 Å². The Morgan fingerprint density at radius 3 is 2.43 bits per heavy atom. The van der Waals surface area contributed by atoms with Crippen LogP contribution in [0.5, 0.6) is 5.75 Å². The second-order valence-electron chi connectivity index (χ2n) is 6.12. The van der Waals surface area contributed by atoms with E-state index in [1.54, 1.807) is 27.7 Å². The first-order valence-electron chi connectivity index (χ1n) is 7.27. The Morgan fingerprint density at radius 2 is 1.96 bits per heavy atom. The van der Waals surface area contributed by atoms with Crippen LogP contribution in [0.4, 0.5) is 9.18 Å². The summed E-state index contributed by atoms with van der Waals surface area (Å²) in [5.41, 5.74) is -1.01. The summed E-state index contributed by atoms with van der Waals surface area (Å²) < 4.78 is 18.7. The number of benzene rings is 1. The van der Waals surface area contributed by atoms with E-state index in [1.165, 1.54) is 0 Å². The van der Waals surface area contributed by atoms with Gasteiger partial charge in [-0.2, -0.15) is 0 Å². The summed E-state index contributed by atoms with van der Waals surface area (Å²) in [7, 11) is 0. The topological polar surface area (TPSA) is 87.1 Å². The molecule has 1 rings (SSSR count).